The first-order chi connectivity index (χ1) is 10.3. The van der Waals surface area contributed by atoms with E-state index in [9.17, 15) is 0 Å². The summed E-state index contributed by atoms with van der Waals surface area (Å²) in [5.41, 5.74) is 2.04. The highest BCUT2D eigenvalue weighted by molar-refractivity contribution is 5.88. The number of nitrogens with one attached hydrogen (secondary N) is 2. The van der Waals surface area contributed by atoms with Gasteiger partial charge >= 0.3 is 0 Å². The third-order valence-corrected chi connectivity index (χ3v) is 3.32. The Kier molecular flexibility index (Phi) is 4.05. The molecule has 0 aliphatic carbocycles. The molecule has 2 heterocycles. The molecule has 0 radical (unpaired) electrons. The molecule has 0 aliphatic heterocycles. The molecular weight excluding hydrogens is 262 g/mol. The van der Waals surface area contributed by atoms with Gasteiger partial charge < -0.3 is 15.1 Å². The summed E-state index contributed by atoms with van der Waals surface area (Å²) in [6.07, 6.45) is 2.79. The first-order valence-electron chi connectivity index (χ1n) is 7.21. The molecule has 4 heteroatoms. The average Bonchev–Trinajstić information content (AvgIpc) is 2.89. The standard InChI is InChI=1S/C17H19N3O/c1-13-12-15-16(21-13)8-11-20-17(15)19-10-5-9-18-14-6-3-2-4-7-14/h2-4,6-8,11-12,18H,5,9-10H2,1H3,(H,19,20). The van der Waals surface area contributed by atoms with E-state index in [0.717, 1.165) is 47.7 Å². The lowest BCUT2D eigenvalue weighted by Gasteiger charge is -2.08. The molecule has 2 aromatic heterocycles. The minimum Gasteiger partial charge on any atom is -0.461 e. The van der Waals surface area contributed by atoms with E-state index >= 15 is 0 Å². The molecule has 1 aromatic carbocycles. The van der Waals surface area contributed by atoms with Gasteiger partial charge in [-0.15, -0.1) is 0 Å². The van der Waals surface area contributed by atoms with Crippen LogP contribution >= 0.6 is 0 Å². The molecule has 0 atom stereocenters. The second-order valence-corrected chi connectivity index (χ2v) is 5.00. The van der Waals surface area contributed by atoms with Gasteiger partial charge in [0.15, 0.2) is 0 Å². The van der Waals surface area contributed by atoms with Gasteiger partial charge in [-0.3, -0.25) is 0 Å². The predicted octanol–water partition coefficient (Wildman–Crippen LogP) is 4.05. The number of furan rings is 1. The smallest absolute Gasteiger partial charge is 0.139 e. The molecule has 0 saturated heterocycles. The SMILES string of the molecule is Cc1cc2c(NCCCNc3ccccc3)nccc2o1. The van der Waals surface area contributed by atoms with E-state index in [-0.39, 0.29) is 0 Å². The molecule has 0 fully saturated rings. The maximum absolute atomic E-state index is 5.60. The summed E-state index contributed by atoms with van der Waals surface area (Å²) in [5.74, 6) is 1.80. The van der Waals surface area contributed by atoms with Crippen molar-refractivity contribution >= 4 is 22.5 Å². The van der Waals surface area contributed by atoms with Crippen LogP contribution in [-0.2, 0) is 0 Å². The third kappa shape index (κ3) is 3.34. The van der Waals surface area contributed by atoms with Crippen LogP contribution in [0.2, 0.25) is 0 Å². The maximum atomic E-state index is 5.60. The number of aryl methyl sites for hydroxylation is 1. The number of benzene rings is 1. The molecule has 2 N–H and O–H groups in total. The summed E-state index contributed by atoms with van der Waals surface area (Å²) in [4.78, 5) is 4.38. The molecule has 0 aliphatic rings. The van der Waals surface area contributed by atoms with Crippen LogP contribution in [0, 0.1) is 6.92 Å². The Labute approximate surface area is 124 Å². The fourth-order valence-electron chi connectivity index (χ4n) is 2.31. The van der Waals surface area contributed by atoms with Gasteiger partial charge in [-0.2, -0.15) is 0 Å². The Balaban J connectivity index is 1.51. The van der Waals surface area contributed by atoms with E-state index in [0.29, 0.717) is 0 Å². The second-order valence-electron chi connectivity index (χ2n) is 5.00. The summed E-state index contributed by atoms with van der Waals surface area (Å²) in [7, 11) is 0. The van der Waals surface area contributed by atoms with E-state index in [4.69, 9.17) is 4.42 Å². The zero-order valence-electron chi connectivity index (χ0n) is 12.1. The summed E-state index contributed by atoms with van der Waals surface area (Å²) < 4.78 is 5.60. The molecule has 0 unspecified atom stereocenters. The molecular formula is C17H19N3O. The van der Waals surface area contributed by atoms with Crippen LogP contribution in [0.25, 0.3) is 11.0 Å². The van der Waals surface area contributed by atoms with Gasteiger partial charge in [0.1, 0.15) is 17.2 Å². The highest BCUT2D eigenvalue weighted by atomic mass is 16.3. The van der Waals surface area contributed by atoms with Gasteiger partial charge in [-0.25, -0.2) is 4.98 Å². The molecule has 3 aromatic rings. The zero-order chi connectivity index (χ0) is 14.5. The average molecular weight is 281 g/mol. The number of para-hydroxylation sites is 1. The van der Waals surface area contributed by atoms with Crippen LogP contribution < -0.4 is 10.6 Å². The molecule has 3 rings (SSSR count). The third-order valence-electron chi connectivity index (χ3n) is 3.32. The summed E-state index contributed by atoms with van der Waals surface area (Å²) in [6, 6.07) is 14.1. The van der Waals surface area contributed by atoms with Crippen molar-refractivity contribution in [1.29, 1.82) is 0 Å². The minimum absolute atomic E-state index is 0.871. The summed E-state index contributed by atoms with van der Waals surface area (Å²) in [5, 5.41) is 7.82. The van der Waals surface area contributed by atoms with Crippen LogP contribution in [0.1, 0.15) is 12.2 Å². The van der Waals surface area contributed by atoms with Crippen LogP contribution in [-0.4, -0.2) is 18.1 Å². The van der Waals surface area contributed by atoms with Gasteiger partial charge in [0, 0.05) is 25.0 Å². The second kappa shape index (κ2) is 6.31. The molecule has 0 saturated carbocycles. The zero-order valence-corrected chi connectivity index (χ0v) is 12.1. The molecule has 4 nitrogen and oxygen atoms in total. The van der Waals surface area contributed by atoms with E-state index < -0.39 is 0 Å². The van der Waals surface area contributed by atoms with Crippen molar-refractivity contribution in [2.75, 3.05) is 23.7 Å². The van der Waals surface area contributed by atoms with Gasteiger partial charge in [-0.1, -0.05) is 18.2 Å². The molecule has 0 amide bonds. The summed E-state index contributed by atoms with van der Waals surface area (Å²) in [6.45, 7) is 3.75. The van der Waals surface area contributed by atoms with Crippen molar-refractivity contribution in [3.05, 3.63) is 54.4 Å². The quantitative estimate of drug-likeness (QED) is 0.669. The van der Waals surface area contributed by atoms with E-state index in [2.05, 4.69) is 27.8 Å². The van der Waals surface area contributed by atoms with Crippen molar-refractivity contribution in [2.45, 2.75) is 13.3 Å². The Hall–Kier alpha value is -2.49. The maximum Gasteiger partial charge on any atom is 0.139 e. The van der Waals surface area contributed by atoms with Crippen LogP contribution in [0.5, 0.6) is 0 Å². The van der Waals surface area contributed by atoms with Crippen LogP contribution in [0.4, 0.5) is 11.5 Å². The largest absolute Gasteiger partial charge is 0.461 e. The Morgan fingerprint density at radius 2 is 1.86 bits per heavy atom. The van der Waals surface area contributed by atoms with Gasteiger partial charge in [0.2, 0.25) is 0 Å². The van der Waals surface area contributed by atoms with Crippen molar-refractivity contribution in [2.24, 2.45) is 0 Å². The number of aromatic nitrogens is 1. The van der Waals surface area contributed by atoms with Crippen LogP contribution in [0.15, 0.2) is 53.1 Å². The minimum atomic E-state index is 0.871. The van der Waals surface area contributed by atoms with Crippen molar-refractivity contribution in [3.63, 3.8) is 0 Å². The molecule has 0 bridgehead atoms. The Morgan fingerprint density at radius 1 is 1.05 bits per heavy atom. The number of pyridine rings is 1. The topological polar surface area (TPSA) is 50.1 Å². The molecule has 21 heavy (non-hydrogen) atoms. The number of fused-ring (bicyclic) bond motifs is 1. The van der Waals surface area contributed by atoms with Crippen molar-refractivity contribution in [3.8, 4) is 0 Å². The van der Waals surface area contributed by atoms with Crippen molar-refractivity contribution in [1.82, 2.24) is 4.98 Å². The Bertz CT molecular complexity index is 706. The highest BCUT2D eigenvalue weighted by Crippen LogP contribution is 2.24. The lowest BCUT2D eigenvalue weighted by atomic mass is 10.3. The lowest BCUT2D eigenvalue weighted by Crippen LogP contribution is -2.09. The summed E-state index contributed by atoms with van der Waals surface area (Å²) >= 11 is 0. The van der Waals surface area contributed by atoms with Gasteiger partial charge in [0.05, 0.1) is 5.39 Å². The normalized spacial score (nSPS) is 10.7. The number of rotatable bonds is 6. The fraction of sp³-hybridized carbons (Fsp3) is 0.235. The number of anilines is 2. The Morgan fingerprint density at radius 3 is 2.71 bits per heavy atom. The van der Waals surface area contributed by atoms with Gasteiger partial charge in [0.25, 0.3) is 0 Å². The van der Waals surface area contributed by atoms with Crippen molar-refractivity contribution < 1.29 is 4.42 Å². The van der Waals surface area contributed by atoms with Crippen LogP contribution in [0.3, 0.4) is 0 Å². The lowest BCUT2D eigenvalue weighted by molar-refractivity contribution is 0.578. The monoisotopic (exact) mass is 281 g/mol. The number of hydrogen-bond acceptors (Lipinski definition) is 4. The van der Waals surface area contributed by atoms with Gasteiger partial charge in [-0.05, 0) is 37.6 Å². The van der Waals surface area contributed by atoms with E-state index in [1.807, 2.05) is 37.3 Å². The molecule has 108 valence electrons. The number of nitrogens with zero attached hydrogens (tertiary/aromatic N) is 1. The number of hydrogen-bond donors (Lipinski definition) is 2. The van der Waals surface area contributed by atoms with E-state index in [1.54, 1.807) is 6.20 Å². The first kappa shape index (κ1) is 13.5. The fourth-order valence-corrected chi connectivity index (χ4v) is 2.31. The molecule has 0 spiro atoms. The first-order valence-corrected chi connectivity index (χ1v) is 7.21. The predicted molar refractivity (Wildman–Crippen MR) is 86.8 cm³/mol. The highest BCUT2D eigenvalue weighted by Gasteiger charge is 2.05. The van der Waals surface area contributed by atoms with E-state index in [1.165, 1.54) is 0 Å².